The second-order valence-corrected chi connectivity index (χ2v) is 7.54. The van der Waals surface area contributed by atoms with Gasteiger partial charge in [-0.2, -0.15) is 0 Å². The summed E-state index contributed by atoms with van der Waals surface area (Å²) in [4.78, 5) is 6.97. The number of nitrogens with one attached hydrogen (secondary N) is 1. The van der Waals surface area contributed by atoms with Gasteiger partial charge in [-0.3, -0.25) is 0 Å². The first-order valence-corrected chi connectivity index (χ1v) is 9.15. The number of aromatic nitrogens is 1. The lowest BCUT2D eigenvalue weighted by molar-refractivity contribution is 0.00205. The zero-order chi connectivity index (χ0) is 14.7. The number of nitrogens with zero attached hydrogens (tertiary/aromatic N) is 2. The lowest BCUT2D eigenvalue weighted by atomic mass is 9.84. The molecule has 0 amide bonds. The van der Waals surface area contributed by atoms with Gasteiger partial charge in [0.05, 0.1) is 11.3 Å². The topological polar surface area (TPSA) is 48.4 Å². The molecule has 1 aromatic heterocycles. The molecular formula is C16H27N3OS. The third-order valence-corrected chi connectivity index (χ3v) is 5.90. The van der Waals surface area contributed by atoms with E-state index in [1.54, 1.807) is 11.3 Å². The lowest BCUT2D eigenvalue weighted by Crippen LogP contribution is -2.49. The Kier molecular flexibility index (Phi) is 4.82. The van der Waals surface area contributed by atoms with E-state index in [0.717, 1.165) is 56.1 Å². The highest BCUT2D eigenvalue weighted by Crippen LogP contribution is 2.28. The Morgan fingerprint density at radius 2 is 2.05 bits per heavy atom. The number of aryl methyl sites for hydroxylation is 1. The highest BCUT2D eigenvalue weighted by atomic mass is 32.1. The maximum atomic E-state index is 10.6. The van der Waals surface area contributed by atoms with Crippen LogP contribution in [0.5, 0.6) is 0 Å². The van der Waals surface area contributed by atoms with Gasteiger partial charge in [0, 0.05) is 31.1 Å². The maximum absolute atomic E-state index is 10.6. The van der Waals surface area contributed by atoms with Crippen molar-refractivity contribution in [3.05, 3.63) is 11.1 Å². The standard InChI is InChI=1S/C16H27N3OS/c1-13-11-21-15(18-13)19-9-5-14(6-10-19)17-12-16(20)7-3-2-4-8-16/h11,14,17,20H,2-10,12H2,1H3. The van der Waals surface area contributed by atoms with Gasteiger partial charge in [-0.25, -0.2) is 4.98 Å². The fourth-order valence-electron chi connectivity index (χ4n) is 3.48. The largest absolute Gasteiger partial charge is 0.389 e. The van der Waals surface area contributed by atoms with Gasteiger partial charge in [0.2, 0.25) is 0 Å². The van der Waals surface area contributed by atoms with Crippen LogP contribution in [0, 0.1) is 6.92 Å². The van der Waals surface area contributed by atoms with E-state index >= 15 is 0 Å². The predicted molar refractivity (Wildman–Crippen MR) is 88.1 cm³/mol. The van der Waals surface area contributed by atoms with Crippen LogP contribution in [0.2, 0.25) is 0 Å². The maximum Gasteiger partial charge on any atom is 0.185 e. The van der Waals surface area contributed by atoms with Crippen molar-refractivity contribution in [1.29, 1.82) is 0 Å². The summed E-state index contributed by atoms with van der Waals surface area (Å²) in [6.07, 6.45) is 7.88. The van der Waals surface area contributed by atoms with E-state index in [1.807, 2.05) is 0 Å². The molecule has 1 aliphatic heterocycles. The molecule has 1 aromatic rings. The van der Waals surface area contributed by atoms with Crippen LogP contribution < -0.4 is 10.2 Å². The van der Waals surface area contributed by atoms with Crippen LogP contribution in [0.25, 0.3) is 0 Å². The first-order valence-electron chi connectivity index (χ1n) is 8.27. The highest BCUT2D eigenvalue weighted by molar-refractivity contribution is 7.13. The predicted octanol–water partition coefficient (Wildman–Crippen LogP) is 2.71. The van der Waals surface area contributed by atoms with Crippen molar-refractivity contribution >= 4 is 16.5 Å². The highest BCUT2D eigenvalue weighted by Gasteiger charge is 2.30. The van der Waals surface area contributed by atoms with Crippen molar-refractivity contribution in [1.82, 2.24) is 10.3 Å². The van der Waals surface area contributed by atoms with E-state index in [9.17, 15) is 5.11 Å². The van der Waals surface area contributed by atoms with Crippen LogP contribution in [0.15, 0.2) is 5.38 Å². The van der Waals surface area contributed by atoms with Gasteiger partial charge in [-0.1, -0.05) is 19.3 Å². The molecule has 118 valence electrons. The number of anilines is 1. The zero-order valence-electron chi connectivity index (χ0n) is 13.0. The fraction of sp³-hybridized carbons (Fsp3) is 0.812. The Bertz CT molecular complexity index is 448. The van der Waals surface area contributed by atoms with Gasteiger partial charge in [-0.05, 0) is 32.6 Å². The molecule has 0 unspecified atom stereocenters. The van der Waals surface area contributed by atoms with Gasteiger partial charge >= 0.3 is 0 Å². The van der Waals surface area contributed by atoms with Crippen LogP contribution in [-0.4, -0.2) is 41.4 Å². The fourth-order valence-corrected chi connectivity index (χ4v) is 4.34. The van der Waals surface area contributed by atoms with E-state index < -0.39 is 5.60 Å². The second kappa shape index (κ2) is 6.63. The van der Waals surface area contributed by atoms with Crippen LogP contribution in [0.1, 0.15) is 50.6 Å². The van der Waals surface area contributed by atoms with E-state index in [-0.39, 0.29) is 0 Å². The van der Waals surface area contributed by atoms with Gasteiger partial charge < -0.3 is 15.3 Å². The van der Waals surface area contributed by atoms with Crippen molar-refractivity contribution in [3.63, 3.8) is 0 Å². The molecule has 2 fully saturated rings. The van der Waals surface area contributed by atoms with Crippen LogP contribution in [-0.2, 0) is 0 Å². The summed E-state index contributed by atoms with van der Waals surface area (Å²) in [6, 6.07) is 0.549. The number of piperidine rings is 1. The summed E-state index contributed by atoms with van der Waals surface area (Å²) in [5, 5.41) is 17.5. The number of hydrogen-bond donors (Lipinski definition) is 2. The second-order valence-electron chi connectivity index (χ2n) is 6.70. The third kappa shape index (κ3) is 3.96. The minimum Gasteiger partial charge on any atom is -0.389 e. The molecule has 5 heteroatoms. The third-order valence-electron chi connectivity index (χ3n) is 4.88. The number of thiazole rings is 1. The molecule has 21 heavy (non-hydrogen) atoms. The first kappa shape index (κ1) is 15.3. The molecule has 3 rings (SSSR count). The molecule has 1 saturated carbocycles. The van der Waals surface area contributed by atoms with Crippen molar-refractivity contribution < 1.29 is 5.11 Å². The Labute approximate surface area is 131 Å². The van der Waals surface area contributed by atoms with E-state index in [4.69, 9.17) is 0 Å². The summed E-state index contributed by atoms with van der Waals surface area (Å²) in [7, 11) is 0. The zero-order valence-corrected chi connectivity index (χ0v) is 13.8. The summed E-state index contributed by atoms with van der Waals surface area (Å²) < 4.78 is 0. The summed E-state index contributed by atoms with van der Waals surface area (Å²) >= 11 is 1.75. The smallest absolute Gasteiger partial charge is 0.185 e. The average Bonchev–Trinajstić information content (AvgIpc) is 2.93. The van der Waals surface area contributed by atoms with E-state index in [2.05, 4.69) is 27.5 Å². The van der Waals surface area contributed by atoms with Gasteiger partial charge in [0.25, 0.3) is 0 Å². The number of hydrogen-bond acceptors (Lipinski definition) is 5. The van der Waals surface area contributed by atoms with Crippen molar-refractivity contribution in [2.45, 2.75) is 63.5 Å². The minimum absolute atomic E-state index is 0.443. The van der Waals surface area contributed by atoms with Gasteiger partial charge in [0.1, 0.15) is 0 Å². The van der Waals surface area contributed by atoms with E-state index in [0.29, 0.717) is 6.04 Å². The van der Waals surface area contributed by atoms with Crippen LogP contribution >= 0.6 is 11.3 Å². The molecule has 1 aliphatic carbocycles. The Morgan fingerprint density at radius 3 is 2.67 bits per heavy atom. The molecule has 0 bridgehead atoms. The Balaban J connectivity index is 1.43. The van der Waals surface area contributed by atoms with Crippen molar-refractivity contribution in [3.8, 4) is 0 Å². The molecule has 2 heterocycles. The van der Waals surface area contributed by atoms with Crippen LogP contribution in [0.3, 0.4) is 0 Å². The van der Waals surface area contributed by atoms with Gasteiger partial charge in [0.15, 0.2) is 5.13 Å². The molecule has 0 spiro atoms. The number of rotatable bonds is 4. The van der Waals surface area contributed by atoms with Crippen molar-refractivity contribution in [2.24, 2.45) is 0 Å². The quantitative estimate of drug-likeness (QED) is 0.898. The SMILES string of the molecule is Cc1csc(N2CCC(NCC3(O)CCCCC3)CC2)n1. The van der Waals surface area contributed by atoms with Crippen molar-refractivity contribution in [2.75, 3.05) is 24.5 Å². The molecule has 2 aliphatic rings. The normalized spacial score (nSPS) is 23.4. The minimum atomic E-state index is -0.443. The Hall–Kier alpha value is -0.650. The first-order chi connectivity index (χ1) is 10.1. The summed E-state index contributed by atoms with van der Waals surface area (Å²) in [5.74, 6) is 0. The molecular weight excluding hydrogens is 282 g/mol. The molecule has 0 atom stereocenters. The van der Waals surface area contributed by atoms with Crippen LogP contribution in [0.4, 0.5) is 5.13 Å². The number of aliphatic hydroxyl groups is 1. The lowest BCUT2D eigenvalue weighted by Gasteiger charge is -2.36. The average molecular weight is 309 g/mol. The van der Waals surface area contributed by atoms with Gasteiger partial charge in [-0.15, -0.1) is 11.3 Å². The molecule has 0 radical (unpaired) electrons. The molecule has 4 nitrogen and oxygen atoms in total. The Morgan fingerprint density at radius 1 is 1.33 bits per heavy atom. The molecule has 0 aromatic carbocycles. The van der Waals surface area contributed by atoms with E-state index in [1.165, 1.54) is 19.3 Å². The summed E-state index contributed by atoms with van der Waals surface area (Å²) in [6.45, 7) is 4.97. The molecule has 1 saturated heterocycles. The monoisotopic (exact) mass is 309 g/mol. The molecule has 2 N–H and O–H groups in total. The summed E-state index contributed by atoms with van der Waals surface area (Å²) in [5.41, 5.74) is 0.678.